The molecule has 5 nitrogen and oxygen atoms in total. The van der Waals surface area contributed by atoms with Crippen molar-refractivity contribution in [3.63, 3.8) is 0 Å². The molecule has 1 aliphatic rings. The largest absolute Gasteiger partial charge is 0.368 e. The molecule has 0 saturated carbocycles. The first-order chi connectivity index (χ1) is 11.4. The average Bonchev–Trinajstić information content (AvgIpc) is 2.61. The molecule has 0 aliphatic carbocycles. The van der Waals surface area contributed by atoms with E-state index in [-0.39, 0.29) is 23.7 Å². The maximum absolute atomic E-state index is 13.0. The van der Waals surface area contributed by atoms with Crippen LogP contribution in [0.1, 0.15) is 13.8 Å². The number of halogens is 1. The van der Waals surface area contributed by atoms with Crippen LogP contribution < -0.4 is 4.90 Å². The Morgan fingerprint density at radius 2 is 1.83 bits per heavy atom. The molecular weight excluding hydrogens is 307 g/mol. The molecule has 1 aromatic rings. The first-order valence-corrected chi connectivity index (χ1v) is 8.31. The number of anilines is 1. The number of nitrogens with zero attached hydrogens (tertiary/aromatic N) is 4. The van der Waals surface area contributed by atoms with Gasteiger partial charge in [-0.15, -0.1) is 0 Å². The van der Waals surface area contributed by atoms with Crippen LogP contribution in [0.2, 0.25) is 0 Å². The van der Waals surface area contributed by atoms with Crippen LogP contribution in [-0.2, 0) is 4.79 Å². The van der Waals surface area contributed by atoms with Crippen molar-refractivity contribution in [1.29, 1.82) is 5.26 Å². The van der Waals surface area contributed by atoms with Gasteiger partial charge in [-0.3, -0.25) is 9.69 Å². The number of carbonyl (C=O) groups is 1. The number of hydrogen-bond acceptors (Lipinski definition) is 4. The van der Waals surface area contributed by atoms with Crippen LogP contribution in [-0.4, -0.2) is 61.5 Å². The van der Waals surface area contributed by atoms with Crippen molar-refractivity contribution in [2.75, 3.05) is 44.7 Å². The average molecular weight is 332 g/mol. The molecule has 1 heterocycles. The van der Waals surface area contributed by atoms with Gasteiger partial charge in [-0.1, -0.05) is 0 Å². The second-order valence-electron chi connectivity index (χ2n) is 6.43. The topological polar surface area (TPSA) is 50.6 Å². The van der Waals surface area contributed by atoms with E-state index >= 15 is 0 Å². The summed E-state index contributed by atoms with van der Waals surface area (Å²) in [5.41, 5.74) is 0.983. The van der Waals surface area contributed by atoms with E-state index in [4.69, 9.17) is 5.26 Å². The smallest absolute Gasteiger partial charge is 0.239 e. The zero-order valence-electron chi connectivity index (χ0n) is 14.6. The van der Waals surface area contributed by atoms with E-state index in [2.05, 4.69) is 11.0 Å². The summed E-state index contributed by atoms with van der Waals surface area (Å²) in [6.45, 7) is 7.11. The molecule has 1 aromatic carbocycles. The molecule has 130 valence electrons. The first-order valence-electron chi connectivity index (χ1n) is 8.31. The molecule has 0 bridgehead atoms. The van der Waals surface area contributed by atoms with Crippen molar-refractivity contribution in [3.05, 3.63) is 30.1 Å². The highest BCUT2D eigenvalue weighted by Crippen LogP contribution is 2.17. The van der Waals surface area contributed by atoms with Gasteiger partial charge < -0.3 is 9.80 Å². The molecule has 1 aliphatic heterocycles. The molecule has 24 heavy (non-hydrogen) atoms. The van der Waals surface area contributed by atoms with Crippen LogP contribution in [0.3, 0.4) is 0 Å². The number of benzene rings is 1. The summed E-state index contributed by atoms with van der Waals surface area (Å²) in [5.74, 6) is -0.238. The number of hydrogen-bond donors (Lipinski definition) is 0. The molecule has 2 rings (SSSR count). The van der Waals surface area contributed by atoms with Crippen LogP contribution in [0.25, 0.3) is 0 Å². The van der Waals surface area contributed by atoms with E-state index < -0.39 is 0 Å². The van der Waals surface area contributed by atoms with Crippen molar-refractivity contribution in [1.82, 2.24) is 9.80 Å². The van der Waals surface area contributed by atoms with Crippen LogP contribution in [0, 0.1) is 23.1 Å². The van der Waals surface area contributed by atoms with Gasteiger partial charge in [0.15, 0.2) is 0 Å². The van der Waals surface area contributed by atoms with Crippen molar-refractivity contribution in [2.45, 2.75) is 19.9 Å². The molecule has 6 heteroatoms. The van der Waals surface area contributed by atoms with Gasteiger partial charge in [0, 0.05) is 38.4 Å². The molecule has 2 atom stereocenters. The van der Waals surface area contributed by atoms with Crippen LogP contribution in [0.4, 0.5) is 10.1 Å². The van der Waals surface area contributed by atoms with Gasteiger partial charge in [0.2, 0.25) is 5.91 Å². The highest BCUT2D eigenvalue weighted by atomic mass is 19.1. The zero-order chi connectivity index (χ0) is 17.7. The van der Waals surface area contributed by atoms with Crippen molar-refractivity contribution < 1.29 is 9.18 Å². The lowest BCUT2D eigenvalue weighted by Gasteiger charge is -2.38. The van der Waals surface area contributed by atoms with E-state index in [0.29, 0.717) is 19.6 Å². The standard InChI is InChI=1S/C18H25FN4O/c1-14(12-20)13-21(3)15(2)18(24)23-10-8-22(9-11-23)17-6-4-16(19)5-7-17/h4-7,14-15H,8-11,13H2,1-3H3/t14-,15-/m0/s1. The Labute approximate surface area is 143 Å². The zero-order valence-corrected chi connectivity index (χ0v) is 14.6. The molecule has 1 saturated heterocycles. The van der Waals surface area contributed by atoms with Gasteiger partial charge in [-0.05, 0) is 45.2 Å². The third-order valence-electron chi connectivity index (χ3n) is 4.58. The molecule has 0 spiro atoms. The summed E-state index contributed by atoms with van der Waals surface area (Å²) in [5, 5.41) is 8.91. The molecular formula is C18H25FN4O. The minimum Gasteiger partial charge on any atom is -0.368 e. The van der Waals surface area contributed by atoms with Gasteiger partial charge in [-0.2, -0.15) is 5.26 Å². The fourth-order valence-electron chi connectivity index (χ4n) is 2.92. The number of nitriles is 1. The molecule has 1 amide bonds. The highest BCUT2D eigenvalue weighted by Gasteiger charge is 2.27. The lowest BCUT2D eigenvalue weighted by Crippen LogP contribution is -2.54. The quantitative estimate of drug-likeness (QED) is 0.827. The van der Waals surface area contributed by atoms with Crippen LogP contribution in [0.5, 0.6) is 0 Å². The monoisotopic (exact) mass is 332 g/mol. The number of amides is 1. The minimum absolute atomic E-state index is 0.0967. The molecule has 1 fully saturated rings. The Morgan fingerprint density at radius 1 is 1.25 bits per heavy atom. The minimum atomic E-state index is -0.240. The van der Waals surface area contributed by atoms with Crippen LogP contribution in [0.15, 0.2) is 24.3 Å². The fourth-order valence-corrected chi connectivity index (χ4v) is 2.92. The summed E-state index contributed by atoms with van der Waals surface area (Å²) in [4.78, 5) is 18.6. The van der Waals surface area contributed by atoms with E-state index in [1.807, 2.05) is 30.7 Å². The second-order valence-corrected chi connectivity index (χ2v) is 6.43. The predicted molar refractivity (Wildman–Crippen MR) is 92.1 cm³/mol. The third kappa shape index (κ3) is 4.45. The highest BCUT2D eigenvalue weighted by molar-refractivity contribution is 5.81. The lowest BCUT2D eigenvalue weighted by molar-refractivity contribution is -0.136. The number of carbonyl (C=O) groups excluding carboxylic acids is 1. The second kappa shape index (κ2) is 8.11. The van der Waals surface area contributed by atoms with Gasteiger partial charge in [0.25, 0.3) is 0 Å². The Balaban J connectivity index is 1.88. The SMILES string of the molecule is C[C@@H](C#N)CN(C)[C@@H](C)C(=O)N1CCN(c2ccc(F)cc2)CC1. The molecule has 0 aromatic heterocycles. The van der Waals surface area contributed by atoms with Crippen LogP contribution >= 0.6 is 0 Å². The molecule has 0 unspecified atom stereocenters. The normalized spacial score (nSPS) is 17.5. The molecule has 0 radical (unpaired) electrons. The lowest BCUT2D eigenvalue weighted by atomic mass is 10.1. The summed E-state index contributed by atoms with van der Waals surface area (Å²) < 4.78 is 13.0. The summed E-state index contributed by atoms with van der Waals surface area (Å²) in [7, 11) is 1.88. The maximum Gasteiger partial charge on any atom is 0.239 e. The predicted octanol–water partition coefficient (Wildman–Crippen LogP) is 1.95. The van der Waals surface area contributed by atoms with Crippen molar-refractivity contribution in [3.8, 4) is 6.07 Å². The van der Waals surface area contributed by atoms with Crippen molar-refractivity contribution >= 4 is 11.6 Å². The Hall–Kier alpha value is -2.13. The molecule has 0 N–H and O–H groups in total. The summed E-state index contributed by atoms with van der Waals surface area (Å²) in [6.07, 6.45) is 0. The first kappa shape index (κ1) is 18.2. The van der Waals surface area contributed by atoms with Crippen molar-refractivity contribution in [2.24, 2.45) is 5.92 Å². The fraction of sp³-hybridized carbons (Fsp3) is 0.556. The third-order valence-corrected chi connectivity index (χ3v) is 4.58. The van der Waals surface area contributed by atoms with Gasteiger partial charge >= 0.3 is 0 Å². The van der Waals surface area contributed by atoms with E-state index in [0.717, 1.165) is 18.8 Å². The van der Waals surface area contributed by atoms with Gasteiger partial charge in [0.05, 0.1) is 18.0 Å². The van der Waals surface area contributed by atoms with E-state index in [1.54, 1.807) is 12.1 Å². The Morgan fingerprint density at radius 3 is 2.38 bits per heavy atom. The van der Waals surface area contributed by atoms with E-state index in [1.165, 1.54) is 12.1 Å². The Kier molecular flexibility index (Phi) is 6.16. The van der Waals surface area contributed by atoms with Gasteiger partial charge in [0.1, 0.15) is 5.82 Å². The van der Waals surface area contributed by atoms with E-state index in [9.17, 15) is 9.18 Å². The Bertz CT molecular complexity index is 590. The maximum atomic E-state index is 13.0. The number of likely N-dealkylation sites (N-methyl/N-ethyl adjacent to an activating group) is 1. The van der Waals surface area contributed by atoms with Gasteiger partial charge in [-0.25, -0.2) is 4.39 Å². The summed E-state index contributed by atoms with van der Waals surface area (Å²) >= 11 is 0. The summed E-state index contributed by atoms with van der Waals surface area (Å²) in [6, 6.07) is 8.42. The number of piperazine rings is 1. The number of rotatable bonds is 5.